The van der Waals surface area contributed by atoms with E-state index in [4.69, 9.17) is 14.2 Å². The standard InChI is InChI=1S/C40H55N5O10S/c1-9-25-22-40(25,36(49)44-56(51,52)29-12-13-29)43-33(47)32-21-28(54-34-30-14-11-27(53-8)20-24(30)17-19-41-34)23-45(32)35(48)31(42-37(50)55-39(5,6)7)15-10-26(46)16-18-38(2,3)4/h11,14,16-20,25,28-29,31-32H,9-10,12-13,15,21-23H2,1-8H3,(H,42,50)(H,43,47)(H,44,49)/t25-,28-,31+,32+,40-/m1/s1. The number of amides is 4. The number of nitrogens with one attached hydrogen (secondary N) is 3. The fraction of sp³-hybridized carbons (Fsp3) is 0.600. The summed E-state index contributed by atoms with van der Waals surface area (Å²) in [5, 5.41) is 6.25. The lowest BCUT2D eigenvalue weighted by Gasteiger charge is -2.30. The molecule has 1 saturated heterocycles. The van der Waals surface area contributed by atoms with Gasteiger partial charge in [-0.3, -0.25) is 23.9 Å². The normalized spacial score (nSPS) is 23.0. The molecule has 0 radical (unpaired) electrons. The molecule has 0 spiro atoms. The minimum atomic E-state index is -3.90. The lowest BCUT2D eigenvalue weighted by Crippen LogP contribution is -2.58. The van der Waals surface area contributed by atoms with Crippen molar-refractivity contribution in [3.63, 3.8) is 0 Å². The minimum absolute atomic E-state index is 0.0208. The van der Waals surface area contributed by atoms with Crippen LogP contribution in [0.2, 0.25) is 0 Å². The molecule has 306 valence electrons. The van der Waals surface area contributed by atoms with Gasteiger partial charge in [0, 0.05) is 24.4 Å². The zero-order chi connectivity index (χ0) is 41.2. The average Bonchev–Trinajstić information content (AvgIpc) is 4.04. The van der Waals surface area contributed by atoms with Crippen molar-refractivity contribution in [2.24, 2.45) is 11.3 Å². The van der Waals surface area contributed by atoms with E-state index in [0.717, 1.165) is 5.39 Å². The summed E-state index contributed by atoms with van der Waals surface area (Å²) in [6.07, 6.45) is 4.54. The van der Waals surface area contributed by atoms with Gasteiger partial charge >= 0.3 is 6.09 Å². The fourth-order valence-electron chi connectivity index (χ4n) is 6.80. The van der Waals surface area contributed by atoms with Crippen LogP contribution in [0, 0.1) is 11.3 Å². The molecule has 1 aromatic carbocycles. The average molecular weight is 798 g/mol. The first kappa shape index (κ1) is 42.4. The number of hydrogen-bond acceptors (Lipinski definition) is 11. The second-order valence-electron chi connectivity index (χ2n) is 17.0. The molecule has 2 heterocycles. The molecular formula is C40H55N5O10S. The van der Waals surface area contributed by atoms with Gasteiger partial charge in [-0.15, -0.1) is 0 Å². The molecule has 1 aliphatic heterocycles. The van der Waals surface area contributed by atoms with E-state index in [2.05, 4.69) is 20.3 Å². The molecule has 2 aromatic rings. The fourth-order valence-corrected chi connectivity index (χ4v) is 8.16. The number of sulfonamides is 1. The highest BCUT2D eigenvalue weighted by Crippen LogP contribution is 2.47. The monoisotopic (exact) mass is 797 g/mol. The Hall–Kier alpha value is -4.73. The summed E-state index contributed by atoms with van der Waals surface area (Å²) >= 11 is 0. The molecule has 2 aliphatic carbocycles. The molecule has 3 fully saturated rings. The highest BCUT2D eigenvalue weighted by atomic mass is 32.2. The van der Waals surface area contributed by atoms with Gasteiger partial charge in [0.15, 0.2) is 5.78 Å². The van der Waals surface area contributed by atoms with Crippen molar-refractivity contribution >= 4 is 50.4 Å². The van der Waals surface area contributed by atoms with E-state index in [-0.39, 0.29) is 55.2 Å². The van der Waals surface area contributed by atoms with Crippen molar-refractivity contribution in [1.29, 1.82) is 0 Å². The number of fused-ring (bicyclic) bond motifs is 1. The maximum absolute atomic E-state index is 14.6. The smallest absolute Gasteiger partial charge is 0.408 e. The highest BCUT2D eigenvalue weighted by Gasteiger charge is 2.62. The van der Waals surface area contributed by atoms with E-state index in [1.54, 1.807) is 58.4 Å². The summed E-state index contributed by atoms with van der Waals surface area (Å²) in [7, 11) is -2.34. The molecule has 2 saturated carbocycles. The third-order valence-electron chi connectivity index (χ3n) is 10.0. The number of pyridine rings is 1. The number of carbonyl (C=O) groups excluding carboxylic acids is 5. The molecule has 0 unspecified atom stereocenters. The van der Waals surface area contributed by atoms with E-state index in [1.165, 1.54) is 11.0 Å². The Balaban J connectivity index is 1.44. The van der Waals surface area contributed by atoms with Crippen LogP contribution in [0.1, 0.15) is 93.4 Å². The number of benzene rings is 1. The topological polar surface area (TPSA) is 199 Å². The first-order valence-electron chi connectivity index (χ1n) is 19.1. The lowest BCUT2D eigenvalue weighted by molar-refractivity contribution is -0.141. The second kappa shape index (κ2) is 16.4. The Morgan fingerprint density at radius 2 is 1.79 bits per heavy atom. The summed E-state index contributed by atoms with van der Waals surface area (Å²) < 4.78 is 44.9. The van der Waals surface area contributed by atoms with Crippen molar-refractivity contribution < 1.29 is 46.6 Å². The third-order valence-corrected chi connectivity index (χ3v) is 11.9. The zero-order valence-corrected chi connectivity index (χ0v) is 34.3. The van der Waals surface area contributed by atoms with Crippen molar-refractivity contribution in [3.8, 4) is 11.6 Å². The van der Waals surface area contributed by atoms with Gasteiger partial charge in [0.1, 0.15) is 35.1 Å². The van der Waals surface area contributed by atoms with Crippen LogP contribution in [0.4, 0.5) is 4.79 Å². The van der Waals surface area contributed by atoms with Crippen LogP contribution < -0.4 is 24.8 Å². The number of allylic oxidation sites excluding steroid dienone is 2. The number of ketones is 1. The molecule has 15 nitrogen and oxygen atoms in total. The van der Waals surface area contributed by atoms with Crippen molar-refractivity contribution in [1.82, 2.24) is 25.2 Å². The Labute approximate surface area is 328 Å². The number of hydrogen-bond donors (Lipinski definition) is 3. The van der Waals surface area contributed by atoms with Crippen LogP contribution in [0.5, 0.6) is 11.6 Å². The van der Waals surface area contributed by atoms with Gasteiger partial charge in [-0.2, -0.15) is 0 Å². The summed E-state index contributed by atoms with van der Waals surface area (Å²) in [4.78, 5) is 74.2. The highest BCUT2D eigenvalue weighted by molar-refractivity contribution is 7.91. The molecule has 4 amide bonds. The first-order chi connectivity index (χ1) is 26.1. The van der Waals surface area contributed by atoms with Crippen LogP contribution in [0.15, 0.2) is 42.6 Å². The molecule has 16 heteroatoms. The largest absolute Gasteiger partial charge is 0.497 e. The number of methoxy groups -OCH3 is 1. The number of nitrogens with zero attached hydrogens (tertiary/aromatic N) is 2. The third kappa shape index (κ3) is 10.6. The Bertz CT molecular complexity index is 1980. The minimum Gasteiger partial charge on any atom is -0.497 e. The number of aromatic nitrogens is 1. The summed E-state index contributed by atoms with van der Waals surface area (Å²) in [5.41, 5.74) is -2.64. The maximum Gasteiger partial charge on any atom is 0.408 e. The van der Waals surface area contributed by atoms with Crippen molar-refractivity contribution in [2.45, 2.75) is 128 Å². The predicted molar refractivity (Wildman–Crippen MR) is 208 cm³/mol. The van der Waals surface area contributed by atoms with E-state index in [1.807, 2.05) is 33.8 Å². The number of ether oxygens (including phenoxy) is 3. The van der Waals surface area contributed by atoms with Gasteiger partial charge in [-0.05, 0) is 93.5 Å². The number of rotatable bonds is 15. The molecule has 1 aromatic heterocycles. The van der Waals surface area contributed by atoms with Crippen LogP contribution in [0.25, 0.3) is 10.8 Å². The van der Waals surface area contributed by atoms with E-state index in [9.17, 15) is 32.4 Å². The van der Waals surface area contributed by atoms with Gasteiger partial charge in [0.2, 0.25) is 27.7 Å². The summed E-state index contributed by atoms with van der Waals surface area (Å²) in [6.45, 7) is 12.6. The van der Waals surface area contributed by atoms with Crippen LogP contribution >= 0.6 is 0 Å². The maximum atomic E-state index is 14.6. The van der Waals surface area contributed by atoms with Gasteiger partial charge in [-0.25, -0.2) is 18.2 Å². The Morgan fingerprint density at radius 1 is 1.07 bits per heavy atom. The molecule has 3 N–H and O–H groups in total. The quantitative estimate of drug-likeness (QED) is 0.217. The van der Waals surface area contributed by atoms with E-state index in [0.29, 0.717) is 30.4 Å². The van der Waals surface area contributed by atoms with Gasteiger partial charge in [0.05, 0.1) is 18.9 Å². The predicted octanol–water partition coefficient (Wildman–Crippen LogP) is 4.33. The van der Waals surface area contributed by atoms with Gasteiger partial charge in [-0.1, -0.05) is 40.2 Å². The van der Waals surface area contributed by atoms with Gasteiger partial charge in [0.25, 0.3) is 5.91 Å². The molecule has 5 atom stereocenters. The Morgan fingerprint density at radius 3 is 2.39 bits per heavy atom. The molecule has 56 heavy (non-hydrogen) atoms. The molecule has 5 rings (SSSR count). The number of alkyl carbamates (subject to hydrolysis) is 1. The van der Waals surface area contributed by atoms with Crippen LogP contribution in [-0.4, -0.2) is 96.1 Å². The lowest BCUT2D eigenvalue weighted by atomic mass is 9.95. The van der Waals surface area contributed by atoms with Gasteiger partial charge < -0.3 is 29.7 Å². The molecule has 3 aliphatic rings. The summed E-state index contributed by atoms with van der Waals surface area (Å²) in [5.74, 6) is -1.85. The van der Waals surface area contributed by atoms with Crippen LogP contribution in [-0.2, 0) is 33.9 Å². The van der Waals surface area contributed by atoms with E-state index < -0.39 is 68.4 Å². The van der Waals surface area contributed by atoms with E-state index >= 15 is 0 Å². The molecule has 0 bridgehead atoms. The first-order valence-corrected chi connectivity index (χ1v) is 20.7. The number of likely N-dealkylation sites (tertiary alicyclic amines) is 1. The Kier molecular flexibility index (Phi) is 12.4. The van der Waals surface area contributed by atoms with Crippen LogP contribution in [0.3, 0.4) is 0 Å². The van der Waals surface area contributed by atoms with Crippen molar-refractivity contribution in [2.75, 3.05) is 13.7 Å². The second-order valence-corrected chi connectivity index (χ2v) is 19.0. The van der Waals surface area contributed by atoms with Crippen molar-refractivity contribution in [3.05, 3.63) is 42.6 Å². The number of carbonyl (C=O) groups is 5. The SMILES string of the molecule is CC[C@@H]1C[C@]1(NC(=O)[C@@H]1C[C@@H](Oc2nccc3cc(OC)ccc23)CN1C(=O)[C@H](CCC(=O)C=CC(C)(C)C)NC(=O)OC(C)(C)C)C(=O)NS(=O)(=O)C1CC1. The molecular weight excluding hydrogens is 743 g/mol. The summed E-state index contributed by atoms with van der Waals surface area (Å²) in [6, 6.07) is 4.69. The zero-order valence-electron chi connectivity index (χ0n) is 33.5.